The lowest BCUT2D eigenvalue weighted by molar-refractivity contribution is -0.141. The molecule has 2 rings (SSSR count). The lowest BCUT2D eigenvalue weighted by Gasteiger charge is -2.36. The van der Waals surface area contributed by atoms with Crippen LogP contribution in [0.1, 0.15) is 29.8 Å². The van der Waals surface area contributed by atoms with Crippen molar-refractivity contribution in [2.75, 3.05) is 20.2 Å². The second-order valence-electron chi connectivity index (χ2n) is 5.96. The molecule has 1 N–H and O–H groups in total. The summed E-state index contributed by atoms with van der Waals surface area (Å²) in [6, 6.07) is 6.30. The maximum atomic E-state index is 12.4. The summed E-state index contributed by atoms with van der Waals surface area (Å²) in [4.78, 5) is 37.4. The molecule has 0 bridgehead atoms. The van der Waals surface area contributed by atoms with Gasteiger partial charge in [-0.15, -0.1) is 0 Å². The first-order chi connectivity index (χ1) is 11.4. The van der Waals surface area contributed by atoms with Crippen LogP contribution in [0.25, 0.3) is 6.08 Å². The number of carbonyl (C=O) groups is 3. The van der Waals surface area contributed by atoms with Gasteiger partial charge in [-0.2, -0.15) is 0 Å². The Hall–Kier alpha value is -2.63. The molecule has 6 heteroatoms. The average molecular weight is 330 g/mol. The van der Waals surface area contributed by atoms with Crippen LogP contribution in [0, 0.1) is 5.92 Å². The summed E-state index contributed by atoms with van der Waals surface area (Å²) in [6.07, 6.45) is 3.13. The Bertz CT molecular complexity index is 649. The van der Waals surface area contributed by atoms with Crippen LogP contribution in [-0.2, 0) is 14.3 Å². The molecule has 1 aromatic rings. The summed E-state index contributed by atoms with van der Waals surface area (Å²) in [7, 11) is 1.33. The van der Waals surface area contributed by atoms with Gasteiger partial charge in [0.2, 0.25) is 11.8 Å². The molecular formula is C18H22N2O4. The van der Waals surface area contributed by atoms with Gasteiger partial charge >= 0.3 is 5.97 Å². The number of piperazine rings is 1. The predicted molar refractivity (Wildman–Crippen MR) is 90.2 cm³/mol. The van der Waals surface area contributed by atoms with Gasteiger partial charge in [0, 0.05) is 19.2 Å². The van der Waals surface area contributed by atoms with Gasteiger partial charge in [0.1, 0.15) is 6.04 Å². The summed E-state index contributed by atoms with van der Waals surface area (Å²) < 4.78 is 4.64. The van der Waals surface area contributed by atoms with Crippen molar-refractivity contribution in [3.8, 4) is 0 Å². The van der Waals surface area contributed by atoms with Crippen molar-refractivity contribution in [2.45, 2.75) is 19.9 Å². The number of carbonyl (C=O) groups excluding carboxylic acids is 3. The van der Waals surface area contributed by atoms with Crippen molar-refractivity contribution in [3.05, 3.63) is 41.5 Å². The van der Waals surface area contributed by atoms with E-state index >= 15 is 0 Å². The van der Waals surface area contributed by atoms with Gasteiger partial charge in [0.05, 0.1) is 12.7 Å². The van der Waals surface area contributed by atoms with Crippen LogP contribution >= 0.6 is 0 Å². The van der Waals surface area contributed by atoms with E-state index in [2.05, 4.69) is 10.1 Å². The zero-order chi connectivity index (χ0) is 17.7. The van der Waals surface area contributed by atoms with Crippen molar-refractivity contribution < 1.29 is 19.1 Å². The normalized spacial score (nSPS) is 17.9. The van der Waals surface area contributed by atoms with Gasteiger partial charge in [-0.1, -0.05) is 26.0 Å². The smallest absolute Gasteiger partial charge is 0.337 e. The molecule has 128 valence electrons. The van der Waals surface area contributed by atoms with Crippen LogP contribution in [0.5, 0.6) is 0 Å². The molecular weight excluding hydrogens is 308 g/mol. The van der Waals surface area contributed by atoms with Gasteiger partial charge in [-0.3, -0.25) is 9.59 Å². The molecule has 1 aliphatic rings. The first kappa shape index (κ1) is 17.7. The van der Waals surface area contributed by atoms with Crippen molar-refractivity contribution in [2.24, 2.45) is 5.92 Å². The molecule has 0 saturated carbocycles. The number of amides is 2. The second-order valence-corrected chi connectivity index (χ2v) is 5.96. The Labute approximate surface area is 141 Å². The van der Waals surface area contributed by atoms with Gasteiger partial charge < -0.3 is 15.0 Å². The maximum Gasteiger partial charge on any atom is 0.337 e. The Morgan fingerprint density at radius 1 is 1.29 bits per heavy atom. The van der Waals surface area contributed by atoms with E-state index in [1.807, 2.05) is 13.8 Å². The third-order valence-corrected chi connectivity index (χ3v) is 3.92. The molecule has 24 heavy (non-hydrogen) atoms. The standard InChI is InChI=1S/C18H22N2O4/c1-12(2)16-17(22)19-10-11-20(16)15(21)9-6-13-4-7-14(8-5-13)18(23)24-3/h4-9,12,16H,10-11H2,1-3H3,(H,19,22)/b9-6+/t16-/m0/s1. The third kappa shape index (κ3) is 4.01. The minimum absolute atomic E-state index is 0.0435. The van der Waals surface area contributed by atoms with E-state index in [1.54, 1.807) is 35.2 Å². The Morgan fingerprint density at radius 3 is 2.54 bits per heavy atom. The molecule has 0 aromatic heterocycles. The number of hydrogen-bond donors (Lipinski definition) is 1. The molecule has 0 spiro atoms. The zero-order valence-electron chi connectivity index (χ0n) is 14.1. The van der Waals surface area contributed by atoms with E-state index in [4.69, 9.17) is 0 Å². The van der Waals surface area contributed by atoms with Crippen molar-refractivity contribution in [1.29, 1.82) is 0 Å². The Kier molecular flexibility index (Phi) is 5.73. The number of ether oxygens (including phenoxy) is 1. The largest absolute Gasteiger partial charge is 0.465 e. The van der Waals surface area contributed by atoms with Crippen molar-refractivity contribution in [3.63, 3.8) is 0 Å². The monoisotopic (exact) mass is 330 g/mol. The number of nitrogens with one attached hydrogen (secondary N) is 1. The van der Waals surface area contributed by atoms with E-state index in [0.29, 0.717) is 18.7 Å². The Balaban J connectivity index is 2.08. The van der Waals surface area contributed by atoms with Crippen molar-refractivity contribution >= 4 is 23.9 Å². The molecule has 1 heterocycles. The molecule has 2 amide bonds. The molecule has 0 radical (unpaired) electrons. The van der Waals surface area contributed by atoms with Gasteiger partial charge in [0.15, 0.2) is 0 Å². The van der Waals surface area contributed by atoms with Gasteiger partial charge in [-0.05, 0) is 29.7 Å². The number of nitrogens with zero attached hydrogens (tertiary/aromatic N) is 1. The fraction of sp³-hybridized carbons (Fsp3) is 0.389. The summed E-state index contributed by atoms with van der Waals surface area (Å²) in [5, 5.41) is 2.79. The van der Waals surface area contributed by atoms with Crippen LogP contribution in [0.2, 0.25) is 0 Å². The van der Waals surface area contributed by atoms with Gasteiger partial charge in [-0.25, -0.2) is 4.79 Å². The summed E-state index contributed by atoms with van der Waals surface area (Å²) in [5.74, 6) is -0.663. The van der Waals surface area contributed by atoms with E-state index in [9.17, 15) is 14.4 Å². The van der Waals surface area contributed by atoms with E-state index in [0.717, 1.165) is 5.56 Å². The number of hydrogen-bond acceptors (Lipinski definition) is 4. The van der Waals surface area contributed by atoms with Crippen LogP contribution < -0.4 is 5.32 Å². The minimum atomic E-state index is -0.447. The quantitative estimate of drug-likeness (QED) is 0.670. The molecule has 0 aliphatic carbocycles. The molecule has 1 atom stereocenters. The highest BCUT2D eigenvalue weighted by molar-refractivity contribution is 5.96. The van der Waals surface area contributed by atoms with Crippen LogP contribution in [-0.4, -0.2) is 48.9 Å². The van der Waals surface area contributed by atoms with Crippen LogP contribution in [0.15, 0.2) is 30.3 Å². The molecule has 0 unspecified atom stereocenters. The third-order valence-electron chi connectivity index (χ3n) is 3.92. The number of benzene rings is 1. The molecule has 1 aliphatic heterocycles. The van der Waals surface area contributed by atoms with E-state index in [1.165, 1.54) is 13.2 Å². The first-order valence-electron chi connectivity index (χ1n) is 7.89. The van der Waals surface area contributed by atoms with E-state index < -0.39 is 12.0 Å². The average Bonchev–Trinajstić information content (AvgIpc) is 2.58. The van der Waals surface area contributed by atoms with Crippen molar-refractivity contribution in [1.82, 2.24) is 10.2 Å². The Morgan fingerprint density at radius 2 is 1.96 bits per heavy atom. The van der Waals surface area contributed by atoms with Crippen LogP contribution in [0.4, 0.5) is 0 Å². The number of esters is 1. The second kappa shape index (κ2) is 7.77. The first-order valence-corrected chi connectivity index (χ1v) is 7.89. The molecule has 1 saturated heterocycles. The van der Waals surface area contributed by atoms with E-state index in [-0.39, 0.29) is 17.7 Å². The number of methoxy groups -OCH3 is 1. The topological polar surface area (TPSA) is 75.7 Å². The van der Waals surface area contributed by atoms with Crippen LogP contribution in [0.3, 0.4) is 0 Å². The highest BCUT2D eigenvalue weighted by atomic mass is 16.5. The fourth-order valence-corrected chi connectivity index (χ4v) is 2.71. The highest BCUT2D eigenvalue weighted by Crippen LogP contribution is 2.15. The summed E-state index contributed by atoms with van der Waals surface area (Å²) in [6.45, 7) is 4.81. The van der Waals surface area contributed by atoms with Gasteiger partial charge in [0.25, 0.3) is 0 Å². The lowest BCUT2D eigenvalue weighted by Crippen LogP contribution is -2.58. The fourth-order valence-electron chi connectivity index (χ4n) is 2.71. The lowest BCUT2D eigenvalue weighted by atomic mass is 9.99. The molecule has 6 nitrogen and oxygen atoms in total. The maximum absolute atomic E-state index is 12.4. The molecule has 1 fully saturated rings. The SMILES string of the molecule is COC(=O)c1ccc(/C=C/C(=O)N2CCNC(=O)[C@@H]2C(C)C)cc1. The molecule has 1 aromatic carbocycles. The zero-order valence-corrected chi connectivity index (χ0v) is 14.1. The predicted octanol–water partition coefficient (Wildman–Crippen LogP) is 1.47. The summed E-state index contributed by atoms with van der Waals surface area (Å²) >= 11 is 0. The number of rotatable bonds is 4. The highest BCUT2D eigenvalue weighted by Gasteiger charge is 2.34. The summed E-state index contributed by atoms with van der Waals surface area (Å²) in [5.41, 5.74) is 1.24. The minimum Gasteiger partial charge on any atom is -0.465 e.